The van der Waals surface area contributed by atoms with E-state index in [2.05, 4.69) is 20.2 Å². The lowest BCUT2D eigenvalue weighted by Crippen LogP contribution is -2.72. The molecular formula is C19H19N4O4S+. The van der Waals surface area contributed by atoms with Crippen molar-refractivity contribution in [2.24, 2.45) is 0 Å². The fourth-order valence-electron chi connectivity index (χ4n) is 3.06. The molecule has 1 aliphatic rings. The Balaban J connectivity index is 1.47. The summed E-state index contributed by atoms with van der Waals surface area (Å²) in [6.07, 6.45) is 1.58. The van der Waals surface area contributed by atoms with Gasteiger partial charge in [-0.3, -0.25) is 9.79 Å². The highest BCUT2D eigenvalue weighted by Gasteiger charge is 2.24. The zero-order chi connectivity index (χ0) is 19.6. The van der Waals surface area contributed by atoms with E-state index in [0.717, 1.165) is 18.4 Å². The van der Waals surface area contributed by atoms with Gasteiger partial charge in [0.1, 0.15) is 10.6 Å². The molecule has 3 aromatic rings. The highest BCUT2D eigenvalue weighted by atomic mass is 32.2. The molecule has 0 aliphatic carbocycles. The maximum Gasteiger partial charge on any atom is 0.328 e. The predicted octanol–water partition coefficient (Wildman–Crippen LogP) is 0.560. The molecule has 28 heavy (non-hydrogen) atoms. The Hall–Kier alpha value is -3.20. The number of sulfonamides is 1. The molecule has 1 aromatic heterocycles. The van der Waals surface area contributed by atoms with E-state index < -0.39 is 10.0 Å². The van der Waals surface area contributed by atoms with Gasteiger partial charge in [0.15, 0.2) is 5.58 Å². The Morgan fingerprint density at radius 3 is 2.86 bits per heavy atom. The van der Waals surface area contributed by atoms with Crippen molar-refractivity contribution in [2.75, 3.05) is 11.9 Å². The molecule has 4 rings (SSSR count). The zero-order valence-electron chi connectivity index (χ0n) is 14.9. The summed E-state index contributed by atoms with van der Waals surface area (Å²) in [7, 11) is -3.71. The third-order valence-corrected chi connectivity index (χ3v) is 5.80. The third-order valence-electron chi connectivity index (χ3n) is 4.41. The molecule has 0 fully saturated rings. The van der Waals surface area contributed by atoms with Crippen molar-refractivity contribution in [1.29, 1.82) is 0 Å². The SMILES string of the molecule is O=C(Cc1noc2ccccc12)Nc1cccc(S(=O)(=O)NC2=[NH+]CCC2)c1. The van der Waals surface area contributed by atoms with Crippen LogP contribution in [-0.2, 0) is 21.2 Å². The number of carbonyl (C=O) groups excluding carboxylic acids is 1. The number of carbonyl (C=O) groups is 1. The minimum absolute atomic E-state index is 0.0219. The first-order valence-electron chi connectivity index (χ1n) is 8.87. The van der Waals surface area contributed by atoms with Gasteiger partial charge < -0.3 is 9.84 Å². The largest absolute Gasteiger partial charge is 0.356 e. The molecule has 9 heteroatoms. The van der Waals surface area contributed by atoms with Crippen LogP contribution in [0.25, 0.3) is 11.0 Å². The molecule has 0 bridgehead atoms. The molecular weight excluding hydrogens is 380 g/mol. The van der Waals surface area contributed by atoms with Crippen LogP contribution in [0.3, 0.4) is 0 Å². The molecule has 0 atom stereocenters. The first-order valence-corrected chi connectivity index (χ1v) is 10.4. The van der Waals surface area contributed by atoms with Gasteiger partial charge in [-0.15, -0.1) is 0 Å². The summed E-state index contributed by atoms with van der Waals surface area (Å²) in [6, 6.07) is 13.4. The molecule has 0 saturated carbocycles. The van der Waals surface area contributed by atoms with Crippen LogP contribution in [0.4, 0.5) is 5.69 Å². The summed E-state index contributed by atoms with van der Waals surface area (Å²) in [5.74, 6) is 0.278. The van der Waals surface area contributed by atoms with Gasteiger partial charge in [0.2, 0.25) is 5.91 Å². The van der Waals surface area contributed by atoms with Crippen LogP contribution in [0.1, 0.15) is 18.5 Å². The van der Waals surface area contributed by atoms with Crippen molar-refractivity contribution in [2.45, 2.75) is 24.2 Å². The van der Waals surface area contributed by atoms with Crippen LogP contribution in [0, 0.1) is 0 Å². The van der Waals surface area contributed by atoms with Crippen molar-refractivity contribution >= 4 is 38.4 Å². The number of hydrogen-bond acceptors (Lipinski definition) is 5. The summed E-state index contributed by atoms with van der Waals surface area (Å²) in [5.41, 5.74) is 1.54. The Kier molecular flexibility index (Phi) is 4.82. The summed E-state index contributed by atoms with van der Waals surface area (Å²) in [5, 5.41) is 7.43. The topological polar surface area (TPSA) is 115 Å². The quantitative estimate of drug-likeness (QED) is 0.580. The fraction of sp³-hybridized carbons (Fsp3) is 0.211. The number of hydrogen-bond donors (Lipinski definition) is 3. The lowest BCUT2D eigenvalue weighted by Gasteiger charge is -2.07. The Bertz CT molecular complexity index is 1170. The number of nitrogens with zero attached hydrogens (tertiary/aromatic N) is 1. The molecule has 8 nitrogen and oxygen atoms in total. The highest BCUT2D eigenvalue weighted by Crippen LogP contribution is 2.19. The van der Waals surface area contributed by atoms with Gasteiger partial charge in [0.05, 0.1) is 19.4 Å². The van der Waals surface area contributed by atoms with E-state index in [4.69, 9.17) is 4.52 Å². The third kappa shape index (κ3) is 3.89. The van der Waals surface area contributed by atoms with Gasteiger partial charge in [-0.2, -0.15) is 13.1 Å². The van der Waals surface area contributed by atoms with Crippen LogP contribution < -0.4 is 15.0 Å². The number of nitrogens with one attached hydrogen (secondary N) is 3. The maximum atomic E-state index is 12.5. The molecule has 2 aromatic carbocycles. The van der Waals surface area contributed by atoms with Gasteiger partial charge in [0, 0.05) is 11.1 Å². The number of para-hydroxylation sites is 1. The standard InChI is InChI=1S/C19H18N4O4S/c24-19(12-16-15-7-1-2-8-17(15)27-22-16)21-13-5-3-6-14(11-13)28(25,26)23-18-9-4-10-20-18/h1-3,5-8,11H,4,9-10,12H2,(H,20,23)(H,21,24)/p+1. The van der Waals surface area contributed by atoms with Crippen LogP contribution >= 0.6 is 0 Å². The van der Waals surface area contributed by atoms with Gasteiger partial charge in [0.25, 0.3) is 5.84 Å². The van der Waals surface area contributed by atoms with Crippen LogP contribution in [0.2, 0.25) is 0 Å². The number of amidine groups is 1. The van der Waals surface area contributed by atoms with E-state index in [1.807, 2.05) is 18.2 Å². The number of fused-ring (bicyclic) bond motifs is 1. The second-order valence-corrected chi connectivity index (χ2v) is 8.17. The maximum absolute atomic E-state index is 12.5. The van der Waals surface area contributed by atoms with Crippen molar-refractivity contribution in [1.82, 2.24) is 9.88 Å². The molecule has 0 spiro atoms. The fourth-order valence-corrected chi connectivity index (χ4v) is 4.22. The van der Waals surface area contributed by atoms with E-state index in [9.17, 15) is 13.2 Å². The van der Waals surface area contributed by atoms with Crippen molar-refractivity contribution in [3.63, 3.8) is 0 Å². The Labute approximate surface area is 161 Å². The Morgan fingerprint density at radius 1 is 1.18 bits per heavy atom. The molecule has 144 valence electrons. The smallest absolute Gasteiger partial charge is 0.328 e. The van der Waals surface area contributed by atoms with E-state index in [-0.39, 0.29) is 17.2 Å². The molecule has 2 heterocycles. The second-order valence-electron chi connectivity index (χ2n) is 6.49. The van der Waals surface area contributed by atoms with E-state index in [1.54, 1.807) is 18.2 Å². The lowest BCUT2D eigenvalue weighted by atomic mass is 10.1. The van der Waals surface area contributed by atoms with E-state index >= 15 is 0 Å². The summed E-state index contributed by atoms with van der Waals surface area (Å²) >= 11 is 0. The van der Waals surface area contributed by atoms with Gasteiger partial charge in [-0.25, -0.2) is 0 Å². The summed E-state index contributed by atoms with van der Waals surface area (Å²) in [4.78, 5) is 15.5. The van der Waals surface area contributed by atoms with Crippen LogP contribution in [0.5, 0.6) is 0 Å². The first-order chi connectivity index (χ1) is 13.5. The van der Waals surface area contributed by atoms with E-state index in [0.29, 0.717) is 29.2 Å². The Morgan fingerprint density at radius 2 is 2.04 bits per heavy atom. The van der Waals surface area contributed by atoms with Crippen LogP contribution in [-0.4, -0.2) is 31.9 Å². The summed E-state index contributed by atoms with van der Waals surface area (Å²) < 4.78 is 32.8. The minimum Gasteiger partial charge on any atom is -0.356 e. The molecule has 0 saturated heterocycles. The number of rotatable bonds is 5. The molecule has 0 unspecified atom stereocenters. The van der Waals surface area contributed by atoms with Crippen LogP contribution in [0.15, 0.2) is 57.9 Å². The summed E-state index contributed by atoms with van der Waals surface area (Å²) in [6.45, 7) is 0.755. The molecule has 1 amide bonds. The molecule has 0 radical (unpaired) electrons. The molecule has 3 N–H and O–H groups in total. The number of aromatic nitrogens is 1. The van der Waals surface area contributed by atoms with E-state index in [1.165, 1.54) is 12.1 Å². The molecule has 1 aliphatic heterocycles. The average Bonchev–Trinajstić information content (AvgIpc) is 3.32. The lowest BCUT2D eigenvalue weighted by molar-refractivity contribution is -0.448. The second kappa shape index (κ2) is 7.43. The zero-order valence-corrected chi connectivity index (χ0v) is 15.8. The van der Waals surface area contributed by atoms with Gasteiger partial charge >= 0.3 is 10.0 Å². The number of amides is 1. The van der Waals surface area contributed by atoms with Gasteiger partial charge in [-0.05, 0) is 36.8 Å². The van der Waals surface area contributed by atoms with Crippen molar-refractivity contribution in [3.05, 3.63) is 54.2 Å². The highest BCUT2D eigenvalue weighted by molar-refractivity contribution is 7.90. The first kappa shape index (κ1) is 18.2. The van der Waals surface area contributed by atoms with Crippen molar-refractivity contribution < 1.29 is 22.7 Å². The number of anilines is 1. The number of benzene rings is 2. The normalized spacial score (nSPS) is 14.1. The van der Waals surface area contributed by atoms with Crippen molar-refractivity contribution in [3.8, 4) is 0 Å². The monoisotopic (exact) mass is 399 g/mol. The van der Waals surface area contributed by atoms with Gasteiger partial charge in [-0.1, -0.05) is 23.4 Å². The predicted molar refractivity (Wildman–Crippen MR) is 103 cm³/mol. The average molecular weight is 399 g/mol. The minimum atomic E-state index is -3.71.